The van der Waals surface area contributed by atoms with Crippen LogP contribution in [0.3, 0.4) is 0 Å². The van der Waals surface area contributed by atoms with E-state index < -0.39 is 11.9 Å². The lowest BCUT2D eigenvalue weighted by Crippen LogP contribution is -2.10. The highest BCUT2D eigenvalue weighted by molar-refractivity contribution is 8.12. The number of hydrogen-bond donors (Lipinski definition) is 1. The smallest absolute Gasteiger partial charge is 0.324 e. The van der Waals surface area contributed by atoms with E-state index >= 15 is 0 Å². The van der Waals surface area contributed by atoms with Crippen LogP contribution in [0, 0.1) is 0 Å². The molecule has 0 spiro atoms. The molecule has 0 bridgehead atoms. The van der Waals surface area contributed by atoms with Crippen LogP contribution in [0.4, 0.5) is 24.8 Å². The molecule has 1 aliphatic carbocycles. The second kappa shape index (κ2) is 6.33. The molecule has 1 saturated carbocycles. The molecule has 1 atom stereocenters. The summed E-state index contributed by atoms with van der Waals surface area (Å²) in [5.74, 6) is 0.485. The number of hydrogen-bond acceptors (Lipinski definition) is 5. The number of halogens is 3. The minimum atomic E-state index is -4.49. The van der Waals surface area contributed by atoms with Gasteiger partial charge in [0.1, 0.15) is 5.69 Å². The van der Waals surface area contributed by atoms with Crippen molar-refractivity contribution in [3.63, 3.8) is 0 Å². The first-order chi connectivity index (χ1) is 12.0. The van der Waals surface area contributed by atoms with Gasteiger partial charge in [0.2, 0.25) is 5.95 Å². The van der Waals surface area contributed by atoms with Gasteiger partial charge in [-0.25, -0.2) is 9.97 Å². The standard InChI is InChI=1S/C17H15F3N4S/c18-17(19,20)15-3-4-22-16(24-15)23-13-6-11(10-1-2-10)5-12(7-13)14-8-21-9-25-14/h3-7,9-10,14H,1-2,8H2,(H,22,23,24). The third-order valence-corrected chi connectivity index (χ3v) is 5.19. The molecule has 130 valence electrons. The largest absolute Gasteiger partial charge is 0.433 e. The molecule has 4 rings (SSSR count). The van der Waals surface area contributed by atoms with Crippen LogP contribution in [0.15, 0.2) is 35.5 Å². The van der Waals surface area contributed by atoms with Crippen LogP contribution in [0.5, 0.6) is 0 Å². The third-order valence-electron chi connectivity index (χ3n) is 4.17. The van der Waals surface area contributed by atoms with E-state index in [0.29, 0.717) is 11.6 Å². The van der Waals surface area contributed by atoms with Crippen molar-refractivity contribution in [2.45, 2.75) is 30.2 Å². The van der Waals surface area contributed by atoms with Gasteiger partial charge in [-0.05, 0) is 48.1 Å². The summed E-state index contributed by atoms with van der Waals surface area (Å²) in [5, 5.41) is 3.18. The first-order valence-corrected chi connectivity index (χ1v) is 8.89. The van der Waals surface area contributed by atoms with Crippen molar-refractivity contribution < 1.29 is 13.2 Å². The van der Waals surface area contributed by atoms with Gasteiger partial charge in [-0.1, -0.05) is 6.07 Å². The molecule has 0 amide bonds. The van der Waals surface area contributed by atoms with Gasteiger partial charge in [0.25, 0.3) is 0 Å². The van der Waals surface area contributed by atoms with Crippen LogP contribution in [-0.2, 0) is 6.18 Å². The predicted molar refractivity (Wildman–Crippen MR) is 92.4 cm³/mol. The van der Waals surface area contributed by atoms with Gasteiger partial charge in [0.05, 0.1) is 17.3 Å². The number of rotatable bonds is 4. The van der Waals surface area contributed by atoms with Gasteiger partial charge >= 0.3 is 6.18 Å². The van der Waals surface area contributed by atoms with Crippen molar-refractivity contribution in [2.24, 2.45) is 4.99 Å². The molecule has 0 saturated heterocycles. The van der Waals surface area contributed by atoms with Gasteiger partial charge in [0, 0.05) is 11.9 Å². The first kappa shape index (κ1) is 16.4. The molecule has 1 aromatic heterocycles. The van der Waals surface area contributed by atoms with Gasteiger partial charge < -0.3 is 5.32 Å². The summed E-state index contributed by atoms with van der Waals surface area (Å²) < 4.78 is 38.5. The molecule has 0 radical (unpaired) electrons. The van der Waals surface area contributed by atoms with E-state index in [4.69, 9.17) is 0 Å². The molecular weight excluding hydrogens is 349 g/mol. The zero-order chi connectivity index (χ0) is 17.4. The van der Waals surface area contributed by atoms with E-state index in [-0.39, 0.29) is 11.2 Å². The van der Waals surface area contributed by atoms with E-state index in [0.717, 1.165) is 37.2 Å². The Balaban J connectivity index is 1.63. The summed E-state index contributed by atoms with van der Waals surface area (Å²) in [6, 6.07) is 6.97. The highest BCUT2D eigenvalue weighted by Crippen LogP contribution is 2.43. The Labute approximate surface area is 147 Å². The van der Waals surface area contributed by atoms with Crippen LogP contribution in [0.2, 0.25) is 0 Å². The lowest BCUT2D eigenvalue weighted by atomic mass is 10.0. The number of nitrogens with zero attached hydrogens (tertiary/aromatic N) is 3. The Morgan fingerprint density at radius 1 is 1.12 bits per heavy atom. The van der Waals surface area contributed by atoms with Crippen LogP contribution in [-0.4, -0.2) is 22.1 Å². The second-order valence-electron chi connectivity index (χ2n) is 6.15. The highest BCUT2D eigenvalue weighted by Gasteiger charge is 2.33. The summed E-state index contributed by atoms with van der Waals surface area (Å²) in [4.78, 5) is 11.7. The molecule has 1 fully saturated rings. The Hall–Kier alpha value is -2.09. The highest BCUT2D eigenvalue weighted by atomic mass is 32.2. The van der Waals surface area contributed by atoms with E-state index in [1.54, 1.807) is 11.8 Å². The monoisotopic (exact) mass is 364 g/mol. The Kier molecular flexibility index (Phi) is 4.15. The minimum absolute atomic E-state index is 0.0518. The summed E-state index contributed by atoms with van der Waals surface area (Å²) in [7, 11) is 0. The lowest BCUT2D eigenvalue weighted by molar-refractivity contribution is -0.141. The minimum Gasteiger partial charge on any atom is -0.324 e. The van der Waals surface area contributed by atoms with Crippen LogP contribution < -0.4 is 5.32 Å². The predicted octanol–water partition coefficient (Wildman–Crippen LogP) is 4.93. The quantitative estimate of drug-likeness (QED) is 0.835. The second-order valence-corrected chi connectivity index (χ2v) is 7.20. The maximum absolute atomic E-state index is 12.8. The van der Waals surface area contributed by atoms with Gasteiger partial charge in [-0.15, -0.1) is 11.8 Å². The summed E-state index contributed by atoms with van der Waals surface area (Å²) in [6.07, 6.45) is -1.07. The number of anilines is 2. The zero-order valence-electron chi connectivity index (χ0n) is 13.1. The Morgan fingerprint density at radius 3 is 2.60 bits per heavy atom. The molecule has 2 aliphatic rings. The van der Waals surface area contributed by atoms with Crippen molar-refractivity contribution in [1.29, 1.82) is 0 Å². The number of benzene rings is 1. The number of alkyl halides is 3. The number of aromatic nitrogens is 2. The maximum Gasteiger partial charge on any atom is 0.433 e. The molecule has 4 nitrogen and oxygen atoms in total. The SMILES string of the molecule is FC(F)(F)c1ccnc(Nc2cc(C3CC3)cc(C3CN=CS3)c2)n1. The molecule has 1 N–H and O–H groups in total. The fourth-order valence-corrected chi connectivity index (χ4v) is 3.56. The van der Waals surface area contributed by atoms with Crippen LogP contribution in [0.25, 0.3) is 0 Å². The van der Waals surface area contributed by atoms with E-state index in [2.05, 4.69) is 26.3 Å². The van der Waals surface area contributed by atoms with Crippen molar-refractivity contribution >= 4 is 28.9 Å². The fourth-order valence-electron chi connectivity index (χ4n) is 2.78. The molecule has 2 heterocycles. The Bertz CT molecular complexity index is 810. The topological polar surface area (TPSA) is 50.2 Å². The normalized spacial score (nSPS) is 20.0. The Morgan fingerprint density at radius 2 is 1.92 bits per heavy atom. The van der Waals surface area contributed by atoms with Crippen molar-refractivity contribution in [1.82, 2.24) is 9.97 Å². The molecule has 1 aliphatic heterocycles. The molecule has 1 aromatic carbocycles. The number of aliphatic imine (C=N–C) groups is 1. The zero-order valence-corrected chi connectivity index (χ0v) is 13.9. The van der Waals surface area contributed by atoms with Crippen LogP contribution in [0.1, 0.15) is 40.8 Å². The fraction of sp³-hybridized carbons (Fsp3) is 0.353. The lowest BCUT2D eigenvalue weighted by Gasteiger charge is -2.14. The average Bonchev–Trinajstić information content (AvgIpc) is 3.28. The number of thioether (sulfide) groups is 1. The van der Waals surface area contributed by atoms with Gasteiger partial charge in [-0.2, -0.15) is 13.2 Å². The number of nitrogens with one attached hydrogen (secondary N) is 1. The third kappa shape index (κ3) is 3.78. The molecule has 25 heavy (non-hydrogen) atoms. The molecular formula is C17H15F3N4S. The first-order valence-electron chi connectivity index (χ1n) is 7.95. The van der Waals surface area contributed by atoms with Crippen molar-refractivity contribution in [3.8, 4) is 0 Å². The summed E-state index contributed by atoms with van der Waals surface area (Å²) in [6.45, 7) is 0.721. The average molecular weight is 364 g/mol. The van der Waals surface area contributed by atoms with Crippen molar-refractivity contribution in [3.05, 3.63) is 47.3 Å². The van der Waals surface area contributed by atoms with Gasteiger partial charge in [0.15, 0.2) is 0 Å². The molecule has 1 unspecified atom stereocenters. The summed E-state index contributed by atoms with van der Waals surface area (Å²) >= 11 is 1.66. The summed E-state index contributed by atoms with van der Waals surface area (Å²) in [5.41, 5.74) is 3.94. The van der Waals surface area contributed by atoms with Crippen LogP contribution >= 0.6 is 11.8 Å². The van der Waals surface area contributed by atoms with E-state index in [1.165, 1.54) is 5.56 Å². The van der Waals surface area contributed by atoms with E-state index in [1.807, 2.05) is 17.7 Å². The van der Waals surface area contributed by atoms with Crippen molar-refractivity contribution in [2.75, 3.05) is 11.9 Å². The van der Waals surface area contributed by atoms with E-state index in [9.17, 15) is 13.2 Å². The molecule has 8 heteroatoms. The maximum atomic E-state index is 12.8. The van der Waals surface area contributed by atoms with Gasteiger partial charge in [-0.3, -0.25) is 4.99 Å². The molecule has 2 aromatic rings.